The standard InChI is InChI=1S/C84H163NO8/c1-3-5-7-9-11-13-15-17-19-21-23-25-27-29-31-33-35-36-37-38-39-40-41-42-44-46-48-50-52-54-56-58-60-62-64-66-68-70-72-74-80(88)85-77(76-92-84-83(91)82(90)81(89)79(75-86)93-84)78(87)73-71-69-67-65-63-61-59-57-55-53-51-49-47-45-43-34-32-30-28-26-24-22-20-18-16-14-12-10-8-6-4-2/h21,23,71,73,77-79,81-84,86-87,89-91H,3-20,22,24-70,72,74-76H2,1-2H3,(H,85,88)/b23-21-,73-71+. The van der Waals surface area contributed by atoms with Crippen molar-refractivity contribution in [3.05, 3.63) is 24.3 Å². The Morgan fingerprint density at radius 3 is 0.871 bits per heavy atom. The Hall–Kier alpha value is -1.33. The highest BCUT2D eigenvalue weighted by Crippen LogP contribution is 2.24. The molecular weight excluding hydrogens is 1150 g/mol. The number of carbonyl (C=O) groups excluding carboxylic acids is 1. The van der Waals surface area contributed by atoms with Gasteiger partial charge in [-0.15, -0.1) is 0 Å². The fraction of sp³-hybridized carbons (Fsp3) is 0.940. The molecule has 1 amide bonds. The Labute approximate surface area is 579 Å². The highest BCUT2D eigenvalue weighted by Gasteiger charge is 2.44. The van der Waals surface area contributed by atoms with Gasteiger partial charge in [0.1, 0.15) is 24.4 Å². The Kier molecular flexibility index (Phi) is 70.8. The molecule has 9 nitrogen and oxygen atoms in total. The van der Waals surface area contributed by atoms with Gasteiger partial charge in [-0.2, -0.15) is 0 Å². The molecule has 552 valence electrons. The predicted molar refractivity (Wildman–Crippen MR) is 401 cm³/mol. The third-order valence-corrected chi connectivity index (χ3v) is 20.5. The monoisotopic (exact) mass is 1310 g/mol. The number of carbonyl (C=O) groups is 1. The topological polar surface area (TPSA) is 149 Å². The van der Waals surface area contributed by atoms with E-state index in [0.29, 0.717) is 6.42 Å². The fourth-order valence-electron chi connectivity index (χ4n) is 14.0. The highest BCUT2D eigenvalue weighted by atomic mass is 16.7. The zero-order chi connectivity index (χ0) is 67.1. The second kappa shape index (κ2) is 73.4. The van der Waals surface area contributed by atoms with Crippen molar-refractivity contribution in [1.29, 1.82) is 0 Å². The molecule has 1 saturated heterocycles. The molecule has 1 fully saturated rings. The molecular formula is C84H163NO8. The Bertz CT molecular complexity index is 1530. The summed E-state index contributed by atoms with van der Waals surface area (Å²) in [5.74, 6) is -0.166. The second-order valence-electron chi connectivity index (χ2n) is 29.6. The molecule has 6 N–H and O–H groups in total. The van der Waals surface area contributed by atoms with Crippen LogP contribution in [0.1, 0.15) is 450 Å². The minimum atomic E-state index is -1.57. The van der Waals surface area contributed by atoms with Crippen LogP contribution in [0, 0.1) is 0 Å². The van der Waals surface area contributed by atoms with Crippen molar-refractivity contribution >= 4 is 5.91 Å². The lowest BCUT2D eigenvalue weighted by atomic mass is 9.99. The first-order chi connectivity index (χ1) is 45.8. The third kappa shape index (κ3) is 61.5. The highest BCUT2D eigenvalue weighted by molar-refractivity contribution is 5.76. The molecule has 0 radical (unpaired) electrons. The normalized spacial score (nSPS) is 17.6. The van der Waals surface area contributed by atoms with E-state index in [1.807, 2.05) is 6.08 Å². The van der Waals surface area contributed by atoms with E-state index in [9.17, 15) is 30.3 Å². The SMILES string of the molecule is CCCCCCCCCC/C=C\CCCCCCCCCCCCCCCCCCCCCCCCCCCCCC(=O)NC(COC1OC(CO)C(O)C(O)C1O)C(O)/C=C/CCCCCCCCCCCCCCCCCCCCCCCCCCCCCCC. The largest absolute Gasteiger partial charge is 0.394 e. The molecule has 0 aromatic carbocycles. The number of rotatable bonds is 76. The maximum atomic E-state index is 13.2. The maximum Gasteiger partial charge on any atom is 0.220 e. The number of amides is 1. The molecule has 93 heavy (non-hydrogen) atoms. The molecule has 9 heteroatoms. The number of aliphatic hydroxyl groups is 5. The second-order valence-corrected chi connectivity index (χ2v) is 29.6. The lowest BCUT2D eigenvalue weighted by Crippen LogP contribution is -2.60. The van der Waals surface area contributed by atoms with E-state index >= 15 is 0 Å². The van der Waals surface area contributed by atoms with Crippen molar-refractivity contribution < 1.29 is 39.8 Å². The molecule has 1 aliphatic heterocycles. The number of aliphatic hydroxyl groups excluding tert-OH is 5. The number of hydrogen-bond acceptors (Lipinski definition) is 8. The Morgan fingerprint density at radius 1 is 0.355 bits per heavy atom. The molecule has 1 aliphatic rings. The lowest BCUT2D eigenvalue weighted by Gasteiger charge is -2.40. The van der Waals surface area contributed by atoms with Crippen LogP contribution in [0.25, 0.3) is 0 Å². The fourth-order valence-corrected chi connectivity index (χ4v) is 14.0. The van der Waals surface area contributed by atoms with Gasteiger partial charge in [0.15, 0.2) is 6.29 Å². The van der Waals surface area contributed by atoms with E-state index in [4.69, 9.17) is 9.47 Å². The summed E-state index contributed by atoms with van der Waals surface area (Å²) in [6.45, 7) is 3.85. The first kappa shape index (κ1) is 89.7. The van der Waals surface area contributed by atoms with Crippen LogP contribution >= 0.6 is 0 Å². The number of allylic oxidation sites excluding steroid dienone is 3. The summed E-state index contributed by atoms with van der Waals surface area (Å²) in [7, 11) is 0. The molecule has 1 rings (SSSR count). The van der Waals surface area contributed by atoms with Gasteiger partial charge in [0.05, 0.1) is 25.4 Å². The van der Waals surface area contributed by atoms with E-state index in [1.165, 1.54) is 392 Å². The van der Waals surface area contributed by atoms with Gasteiger partial charge in [0.2, 0.25) is 5.91 Å². The summed E-state index contributed by atoms with van der Waals surface area (Å²) in [6.07, 6.45) is 92.1. The predicted octanol–water partition coefficient (Wildman–Crippen LogP) is 24.3. The minimum absolute atomic E-state index is 0.166. The van der Waals surface area contributed by atoms with Gasteiger partial charge in [-0.1, -0.05) is 423 Å². The quantitative estimate of drug-likeness (QED) is 0.0261. The third-order valence-electron chi connectivity index (χ3n) is 20.5. The van der Waals surface area contributed by atoms with Gasteiger partial charge in [-0.25, -0.2) is 0 Å². The molecule has 0 bridgehead atoms. The summed E-state index contributed by atoms with van der Waals surface area (Å²) in [4.78, 5) is 13.2. The van der Waals surface area contributed by atoms with Gasteiger partial charge in [0.25, 0.3) is 0 Å². The van der Waals surface area contributed by atoms with Crippen LogP contribution in [-0.4, -0.2) is 87.5 Å². The van der Waals surface area contributed by atoms with Crippen LogP contribution < -0.4 is 5.32 Å². The Morgan fingerprint density at radius 2 is 0.602 bits per heavy atom. The summed E-state index contributed by atoms with van der Waals surface area (Å²) in [5, 5.41) is 55.0. The molecule has 7 unspecified atom stereocenters. The van der Waals surface area contributed by atoms with E-state index < -0.39 is 49.5 Å². The van der Waals surface area contributed by atoms with Crippen LogP contribution in [0.5, 0.6) is 0 Å². The minimum Gasteiger partial charge on any atom is -0.394 e. The van der Waals surface area contributed by atoms with Gasteiger partial charge < -0.3 is 40.3 Å². The maximum absolute atomic E-state index is 13.2. The first-order valence-electron chi connectivity index (χ1n) is 42.1. The van der Waals surface area contributed by atoms with E-state index in [-0.39, 0.29) is 12.5 Å². The van der Waals surface area contributed by atoms with Gasteiger partial charge in [-0.05, 0) is 44.9 Å². The summed E-state index contributed by atoms with van der Waals surface area (Å²) < 4.78 is 11.4. The zero-order valence-electron chi connectivity index (χ0n) is 62.3. The number of ether oxygens (including phenoxy) is 2. The average Bonchev–Trinajstić information content (AvgIpc) is 1.02. The van der Waals surface area contributed by atoms with Crippen molar-refractivity contribution in [3.8, 4) is 0 Å². The lowest BCUT2D eigenvalue weighted by molar-refractivity contribution is -0.302. The van der Waals surface area contributed by atoms with Crippen LogP contribution in [-0.2, 0) is 14.3 Å². The first-order valence-corrected chi connectivity index (χ1v) is 42.1. The van der Waals surface area contributed by atoms with Crippen molar-refractivity contribution in [2.45, 2.75) is 493 Å². The van der Waals surface area contributed by atoms with Crippen LogP contribution in [0.4, 0.5) is 0 Å². The van der Waals surface area contributed by atoms with Crippen LogP contribution in [0.3, 0.4) is 0 Å². The van der Waals surface area contributed by atoms with Gasteiger partial charge in [0, 0.05) is 6.42 Å². The van der Waals surface area contributed by atoms with E-state index in [2.05, 4.69) is 31.3 Å². The molecule has 0 aliphatic carbocycles. The Balaban J connectivity index is 2.03. The van der Waals surface area contributed by atoms with Crippen LogP contribution in [0.15, 0.2) is 24.3 Å². The molecule has 0 spiro atoms. The molecule has 0 aromatic heterocycles. The van der Waals surface area contributed by atoms with Crippen LogP contribution in [0.2, 0.25) is 0 Å². The summed E-state index contributed by atoms with van der Waals surface area (Å²) in [6, 6.07) is -0.804. The average molecular weight is 1320 g/mol. The number of hydrogen-bond donors (Lipinski definition) is 6. The van der Waals surface area contributed by atoms with Gasteiger partial charge >= 0.3 is 0 Å². The van der Waals surface area contributed by atoms with Crippen molar-refractivity contribution in [1.82, 2.24) is 5.32 Å². The van der Waals surface area contributed by atoms with Crippen molar-refractivity contribution in [2.75, 3.05) is 13.2 Å². The van der Waals surface area contributed by atoms with E-state index in [0.717, 1.165) is 38.5 Å². The number of nitrogens with one attached hydrogen (secondary N) is 1. The van der Waals surface area contributed by atoms with Crippen molar-refractivity contribution in [2.24, 2.45) is 0 Å². The summed E-state index contributed by atoms with van der Waals surface area (Å²) >= 11 is 0. The molecule has 0 saturated carbocycles. The molecule has 0 aromatic rings. The molecule has 7 atom stereocenters. The van der Waals surface area contributed by atoms with Crippen molar-refractivity contribution in [3.63, 3.8) is 0 Å². The van der Waals surface area contributed by atoms with E-state index in [1.54, 1.807) is 6.08 Å². The zero-order valence-corrected chi connectivity index (χ0v) is 62.3. The smallest absolute Gasteiger partial charge is 0.220 e. The summed E-state index contributed by atoms with van der Waals surface area (Å²) in [5.41, 5.74) is 0. The molecule has 1 heterocycles. The van der Waals surface area contributed by atoms with Gasteiger partial charge in [-0.3, -0.25) is 4.79 Å². The number of unbranched alkanes of at least 4 members (excludes halogenated alkanes) is 64.